The number of anilines is 1. The van der Waals surface area contributed by atoms with Crippen molar-refractivity contribution < 1.29 is 0 Å². The van der Waals surface area contributed by atoms with E-state index in [-0.39, 0.29) is 0 Å². The zero-order valence-corrected chi connectivity index (χ0v) is 10.6. The van der Waals surface area contributed by atoms with Gasteiger partial charge in [-0.2, -0.15) is 0 Å². The maximum atomic E-state index is 5.98. The van der Waals surface area contributed by atoms with Crippen LogP contribution in [-0.4, -0.2) is 14.8 Å². The number of hydrogen-bond donors (Lipinski definition) is 1. The van der Waals surface area contributed by atoms with Gasteiger partial charge in [-0.15, -0.1) is 10.2 Å². The van der Waals surface area contributed by atoms with Crippen LogP contribution in [0.15, 0.2) is 24.5 Å². The first-order valence-corrected chi connectivity index (χ1v) is 5.89. The molecule has 2 N–H and O–H groups in total. The molecule has 0 saturated heterocycles. The Labute approximate surface area is 105 Å². The van der Waals surface area contributed by atoms with Gasteiger partial charge in [0.1, 0.15) is 6.33 Å². The molecule has 1 aromatic carbocycles. The second kappa shape index (κ2) is 4.75. The lowest BCUT2D eigenvalue weighted by Crippen LogP contribution is -2.06. The maximum Gasteiger partial charge on any atom is 0.165 e. The molecular weight excluding hydrogens is 236 g/mol. The van der Waals surface area contributed by atoms with Gasteiger partial charge in [0, 0.05) is 22.8 Å². The van der Waals surface area contributed by atoms with Crippen LogP contribution in [0.2, 0.25) is 5.02 Å². The predicted octanol–water partition coefficient (Wildman–Crippen LogP) is 2.84. The molecule has 17 heavy (non-hydrogen) atoms. The second-order valence-electron chi connectivity index (χ2n) is 4.43. The van der Waals surface area contributed by atoms with Crippen molar-refractivity contribution >= 4 is 17.3 Å². The van der Waals surface area contributed by atoms with Crippen LogP contribution < -0.4 is 5.73 Å². The summed E-state index contributed by atoms with van der Waals surface area (Å²) in [5.74, 6) is 1.28. The summed E-state index contributed by atoms with van der Waals surface area (Å²) in [6.45, 7) is 5.14. The summed E-state index contributed by atoms with van der Waals surface area (Å²) in [6.07, 6.45) is 1.72. The quantitative estimate of drug-likeness (QED) is 0.853. The number of halogens is 1. The minimum atomic E-state index is 0.519. The molecule has 0 amide bonds. The number of rotatable bonds is 3. The fourth-order valence-electron chi connectivity index (χ4n) is 1.71. The van der Waals surface area contributed by atoms with E-state index in [2.05, 4.69) is 24.0 Å². The van der Waals surface area contributed by atoms with E-state index in [1.807, 2.05) is 10.6 Å². The lowest BCUT2D eigenvalue weighted by atomic mass is 10.1. The van der Waals surface area contributed by atoms with E-state index in [1.54, 1.807) is 18.5 Å². The summed E-state index contributed by atoms with van der Waals surface area (Å²) < 4.78 is 1.99. The molecule has 0 bridgehead atoms. The topological polar surface area (TPSA) is 56.7 Å². The highest BCUT2D eigenvalue weighted by molar-refractivity contribution is 6.31. The van der Waals surface area contributed by atoms with Gasteiger partial charge >= 0.3 is 0 Å². The molecule has 0 aliphatic carbocycles. The highest BCUT2D eigenvalue weighted by Crippen LogP contribution is 2.27. The van der Waals surface area contributed by atoms with Crippen LogP contribution >= 0.6 is 11.6 Å². The number of hydrogen-bond acceptors (Lipinski definition) is 3. The molecule has 0 aliphatic heterocycles. The standard InChI is InChI=1S/C12H15ClN4/c1-8(2)6-17-7-15-16-12(17)10-5-9(13)3-4-11(10)14/h3-5,7-8H,6,14H2,1-2H3. The molecule has 0 saturated carbocycles. The Morgan fingerprint density at radius 1 is 1.41 bits per heavy atom. The Balaban J connectivity index is 2.45. The number of benzene rings is 1. The third-order valence-corrected chi connectivity index (χ3v) is 2.67. The van der Waals surface area contributed by atoms with Gasteiger partial charge in [-0.3, -0.25) is 0 Å². The lowest BCUT2D eigenvalue weighted by Gasteiger charge is -2.10. The molecule has 5 heteroatoms. The zero-order chi connectivity index (χ0) is 12.4. The first-order chi connectivity index (χ1) is 8.08. The Hall–Kier alpha value is -1.55. The Bertz CT molecular complexity index is 519. The average molecular weight is 251 g/mol. The number of nitrogen functional groups attached to an aromatic ring is 1. The van der Waals surface area contributed by atoms with Crippen LogP contribution in [0.4, 0.5) is 5.69 Å². The largest absolute Gasteiger partial charge is 0.398 e. The second-order valence-corrected chi connectivity index (χ2v) is 4.87. The molecule has 90 valence electrons. The summed E-state index contributed by atoms with van der Waals surface area (Å²) in [5, 5.41) is 8.70. The SMILES string of the molecule is CC(C)Cn1cnnc1-c1cc(Cl)ccc1N. The summed E-state index contributed by atoms with van der Waals surface area (Å²) in [7, 11) is 0. The first kappa shape index (κ1) is 11.9. The smallest absolute Gasteiger partial charge is 0.165 e. The minimum absolute atomic E-state index is 0.519. The lowest BCUT2D eigenvalue weighted by molar-refractivity contribution is 0.525. The number of nitrogens with zero attached hydrogens (tertiary/aromatic N) is 3. The molecule has 1 aromatic heterocycles. The molecule has 1 heterocycles. The minimum Gasteiger partial charge on any atom is -0.398 e. The van der Waals surface area contributed by atoms with E-state index in [0.717, 1.165) is 17.9 Å². The number of aromatic nitrogens is 3. The third kappa shape index (κ3) is 2.58. The molecular formula is C12H15ClN4. The van der Waals surface area contributed by atoms with Crippen LogP contribution in [0.3, 0.4) is 0 Å². The summed E-state index contributed by atoms with van der Waals surface area (Å²) in [6, 6.07) is 5.37. The van der Waals surface area contributed by atoms with E-state index in [0.29, 0.717) is 16.6 Å². The van der Waals surface area contributed by atoms with E-state index >= 15 is 0 Å². The summed E-state index contributed by atoms with van der Waals surface area (Å²) in [5.41, 5.74) is 7.43. The van der Waals surface area contributed by atoms with Crippen molar-refractivity contribution in [1.29, 1.82) is 0 Å². The van der Waals surface area contributed by atoms with E-state index in [9.17, 15) is 0 Å². The maximum absolute atomic E-state index is 5.98. The van der Waals surface area contributed by atoms with Gasteiger partial charge in [0.25, 0.3) is 0 Å². The normalized spacial score (nSPS) is 11.1. The van der Waals surface area contributed by atoms with Crippen LogP contribution in [-0.2, 0) is 6.54 Å². The van der Waals surface area contributed by atoms with Gasteiger partial charge in [0.05, 0.1) is 0 Å². The molecule has 2 rings (SSSR count). The molecule has 0 unspecified atom stereocenters. The van der Waals surface area contributed by atoms with E-state index < -0.39 is 0 Å². The molecule has 0 spiro atoms. The van der Waals surface area contributed by atoms with Crippen molar-refractivity contribution in [3.05, 3.63) is 29.5 Å². The highest BCUT2D eigenvalue weighted by atomic mass is 35.5. The van der Waals surface area contributed by atoms with E-state index in [1.165, 1.54) is 0 Å². The molecule has 0 fully saturated rings. The fourth-order valence-corrected chi connectivity index (χ4v) is 1.88. The monoisotopic (exact) mass is 250 g/mol. The average Bonchev–Trinajstić information content (AvgIpc) is 2.69. The van der Waals surface area contributed by atoms with Gasteiger partial charge in [-0.25, -0.2) is 0 Å². The van der Waals surface area contributed by atoms with Gasteiger partial charge < -0.3 is 10.3 Å². The number of nitrogens with two attached hydrogens (primary N) is 1. The van der Waals surface area contributed by atoms with Crippen molar-refractivity contribution in [2.45, 2.75) is 20.4 Å². The molecule has 0 radical (unpaired) electrons. The Morgan fingerprint density at radius 3 is 2.88 bits per heavy atom. The predicted molar refractivity (Wildman–Crippen MR) is 69.7 cm³/mol. The van der Waals surface area contributed by atoms with Crippen LogP contribution in [0.1, 0.15) is 13.8 Å². The van der Waals surface area contributed by atoms with Crippen molar-refractivity contribution in [2.24, 2.45) is 5.92 Å². The van der Waals surface area contributed by atoms with Crippen molar-refractivity contribution in [3.8, 4) is 11.4 Å². The Kier molecular flexibility index (Phi) is 3.33. The van der Waals surface area contributed by atoms with Gasteiger partial charge in [-0.05, 0) is 24.1 Å². The highest BCUT2D eigenvalue weighted by Gasteiger charge is 2.11. The Morgan fingerprint density at radius 2 is 2.18 bits per heavy atom. The van der Waals surface area contributed by atoms with Crippen LogP contribution in [0.5, 0.6) is 0 Å². The zero-order valence-electron chi connectivity index (χ0n) is 9.89. The van der Waals surface area contributed by atoms with Crippen molar-refractivity contribution in [2.75, 3.05) is 5.73 Å². The fraction of sp³-hybridized carbons (Fsp3) is 0.333. The van der Waals surface area contributed by atoms with Crippen LogP contribution in [0, 0.1) is 5.92 Å². The summed E-state index contributed by atoms with van der Waals surface area (Å²) in [4.78, 5) is 0. The molecule has 4 nitrogen and oxygen atoms in total. The first-order valence-electron chi connectivity index (χ1n) is 5.51. The van der Waals surface area contributed by atoms with Crippen molar-refractivity contribution in [1.82, 2.24) is 14.8 Å². The molecule has 0 atom stereocenters. The third-order valence-electron chi connectivity index (χ3n) is 2.43. The van der Waals surface area contributed by atoms with E-state index in [4.69, 9.17) is 17.3 Å². The van der Waals surface area contributed by atoms with Gasteiger partial charge in [0.2, 0.25) is 0 Å². The van der Waals surface area contributed by atoms with Crippen molar-refractivity contribution in [3.63, 3.8) is 0 Å². The molecule has 2 aromatic rings. The van der Waals surface area contributed by atoms with Gasteiger partial charge in [0.15, 0.2) is 5.82 Å². The molecule has 0 aliphatic rings. The van der Waals surface area contributed by atoms with Gasteiger partial charge in [-0.1, -0.05) is 25.4 Å². The van der Waals surface area contributed by atoms with Crippen LogP contribution in [0.25, 0.3) is 11.4 Å². The summed E-state index contributed by atoms with van der Waals surface area (Å²) >= 11 is 5.98.